The second kappa shape index (κ2) is 6.38. The van der Waals surface area contributed by atoms with Gasteiger partial charge in [0.2, 0.25) is 0 Å². The lowest BCUT2D eigenvalue weighted by Gasteiger charge is -2.07. The molecule has 6 nitrogen and oxygen atoms in total. The van der Waals surface area contributed by atoms with E-state index in [9.17, 15) is 14.0 Å². The molecule has 2 amide bonds. The summed E-state index contributed by atoms with van der Waals surface area (Å²) in [6.07, 6.45) is 0. The van der Waals surface area contributed by atoms with Crippen molar-refractivity contribution in [2.24, 2.45) is 7.05 Å². The second-order valence-corrected chi connectivity index (χ2v) is 4.94. The SMILES string of the molecule is Cc1nn(C)c(C)c1NC(=O)C(=O)NCc1cccc(F)c1. The number of aryl methyl sites for hydroxylation is 2. The number of hydrogen-bond donors (Lipinski definition) is 2. The molecule has 1 heterocycles. The van der Waals surface area contributed by atoms with Gasteiger partial charge >= 0.3 is 11.8 Å². The molecular formula is C15H17FN4O2. The van der Waals surface area contributed by atoms with Crippen LogP contribution in [0.5, 0.6) is 0 Å². The van der Waals surface area contributed by atoms with Gasteiger partial charge in [0.15, 0.2) is 0 Å². The molecule has 1 aromatic carbocycles. The van der Waals surface area contributed by atoms with E-state index in [0.29, 0.717) is 16.9 Å². The molecule has 0 unspecified atom stereocenters. The van der Waals surface area contributed by atoms with E-state index in [4.69, 9.17) is 0 Å². The average molecular weight is 304 g/mol. The highest BCUT2D eigenvalue weighted by Gasteiger charge is 2.18. The number of carbonyl (C=O) groups is 2. The highest BCUT2D eigenvalue weighted by atomic mass is 19.1. The van der Waals surface area contributed by atoms with E-state index in [0.717, 1.165) is 5.69 Å². The van der Waals surface area contributed by atoms with Gasteiger partial charge in [-0.2, -0.15) is 5.10 Å². The van der Waals surface area contributed by atoms with Crippen LogP contribution in [0.3, 0.4) is 0 Å². The molecule has 22 heavy (non-hydrogen) atoms. The van der Waals surface area contributed by atoms with Crippen LogP contribution in [0.15, 0.2) is 24.3 Å². The summed E-state index contributed by atoms with van der Waals surface area (Å²) in [6, 6.07) is 5.81. The Bertz CT molecular complexity index is 724. The molecule has 0 atom stereocenters. The Morgan fingerprint density at radius 2 is 2.00 bits per heavy atom. The predicted molar refractivity (Wildman–Crippen MR) is 79.6 cm³/mol. The van der Waals surface area contributed by atoms with Crippen LogP contribution in [0.25, 0.3) is 0 Å². The quantitative estimate of drug-likeness (QED) is 0.842. The third-order valence-corrected chi connectivity index (χ3v) is 3.30. The van der Waals surface area contributed by atoms with Crippen molar-refractivity contribution in [2.45, 2.75) is 20.4 Å². The molecule has 0 saturated carbocycles. The molecule has 1 aromatic heterocycles. The molecule has 2 N–H and O–H groups in total. The molecule has 0 fully saturated rings. The fourth-order valence-electron chi connectivity index (χ4n) is 2.03. The highest BCUT2D eigenvalue weighted by molar-refractivity contribution is 6.39. The smallest absolute Gasteiger partial charge is 0.313 e. The van der Waals surface area contributed by atoms with Gasteiger partial charge in [-0.15, -0.1) is 0 Å². The highest BCUT2D eigenvalue weighted by Crippen LogP contribution is 2.17. The number of carbonyl (C=O) groups excluding carboxylic acids is 2. The number of amides is 2. The van der Waals surface area contributed by atoms with Gasteiger partial charge in [-0.1, -0.05) is 12.1 Å². The van der Waals surface area contributed by atoms with Crippen molar-refractivity contribution in [3.8, 4) is 0 Å². The summed E-state index contributed by atoms with van der Waals surface area (Å²) in [5.74, 6) is -1.96. The number of benzene rings is 1. The van der Waals surface area contributed by atoms with Crippen molar-refractivity contribution in [2.75, 3.05) is 5.32 Å². The number of halogens is 1. The van der Waals surface area contributed by atoms with E-state index in [-0.39, 0.29) is 6.54 Å². The molecule has 7 heteroatoms. The number of aromatic nitrogens is 2. The summed E-state index contributed by atoms with van der Waals surface area (Å²) >= 11 is 0. The van der Waals surface area contributed by atoms with Gasteiger partial charge < -0.3 is 10.6 Å². The van der Waals surface area contributed by atoms with Crippen LogP contribution in [0, 0.1) is 19.7 Å². The number of hydrogen-bond acceptors (Lipinski definition) is 3. The van der Waals surface area contributed by atoms with E-state index in [1.807, 2.05) is 0 Å². The van der Waals surface area contributed by atoms with Gasteiger partial charge in [0.1, 0.15) is 5.82 Å². The zero-order chi connectivity index (χ0) is 16.3. The molecule has 0 radical (unpaired) electrons. The minimum absolute atomic E-state index is 0.0784. The van der Waals surface area contributed by atoms with Gasteiger partial charge in [0.25, 0.3) is 0 Å². The molecule has 0 aliphatic heterocycles. The van der Waals surface area contributed by atoms with Gasteiger partial charge in [-0.3, -0.25) is 14.3 Å². The molecule has 116 valence electrons. The van der Waals surface area contributed by atoms with Crippen LogP contribution in [0.2, 0.25) is 0 Å². The molecular weight excluding hydrogens is 287 g/mol. The minimum Gasteiger partial charge on any atom is -0.344 e. The summed E-state index contributed by atoms with van der Waals surface area (Å²) in [7, 11) is 1.75. The third kappa shape index (κ3) is 3.49. The summed E-state index contributed by atoms with van der Waals surface area (Å²) in [4.78, 5) is 23.7. The fourth-order valence-corrected chi connectivity index (χ4v) is 2.03. The third-order valence-electron chi connectivity index (χ3n) is 3.30. The monoisotopic (exact) mass is 304 g/mol. The van der Waals surface area contributed by atoms with Crippen LogP contribution >= 0.6 is 0 Å². The fraction of sp³-hybridized carbons (Fsp3) is 0.267. The average Bonchev–Trinajstić information content (AvgIpc) is 2.71. The van der Waals surface area contributed by atoms with Crippen LogP contribution in [0.1, 0.15) is 17.0 Å². The Morgan fingerprint density at radius 3 is 2.59 bits per heavy atom. The maximum atomic E-state index is 13.0. The Hall–Kier alpha value is -2.70. The van der Waals surface area contributed by atoms with Crippen molar-refractivity contribution in [3.63, 3.8) is 0 Å². The predicted octanol–water partition coefficient (Wildman–Crippen LogP) is 1.43. The number of nitrogens with zero attached hydrogens (tertiary/aromatic N) is 2. The maximum Gasteiger partial charge on any atom is 0.313 e. The zero-order valence-electron chi connectivity index (χ0n) is 12.6. The van der Waals surface area contributed by atoms with Crippen molar-refractivity contribution in [1.82, 2.24) is 15.1 Å². The lowest BCUT2D eigenvalue weighted by molar-refractivity contribution is -0.136. The summed E-state index contributed by atoms with van der Waals surface area (Å²) in [5, 5.41) is 9.14. The van der Waals surface area contributed by atoms with Gasteiger partial charge in [-0.25, -0.2) is 4.39 Å². The van der Waals surface area contributed by atoms with E-state index < -0.39 is 17.6 Å². The van der Waals surface area contributed by atoms with Crippen molar-refractivity contribution < 1.29 is 14.0 Å². The molecule has 2 aromatic rings. The first kappa shape index (κ1) is 15.7. The molecule has 0 spiro atoms. The Kier molecular flexibility index (Phi) is 4.55. The van der Waals surface area contributed by atoms with Crippen molar-refractivity contribution in [1.29, 1.82) is 0 Å². The summed E-state index contributed by atoms with van der Waals surface area (Å²) in [5.41, 5.74) is 2.48. The number of anilines is 1. The van der Waals surface area contributed by atoms with E-state index in [2.05, 4.69) is 15.7 Å². The van der Waals surface area contributed by atoms with Crippen molar-refractivity contribution >= 4 is 17.5 Å². The molecule has 2 rings (SSSR count). The first-order chi connectivity index (χ1) is 10.4. The second-order valence-electron chi connectivity index (χ2n) is 4.94. The van der Waals surface area contributed by atoms with Gasteiger partial charge in [-0.05, 0) is 31.5 Å². The van der Waals surface area contributed by atoms with Crippen LogP contribution < -0.4 is 10.6 Å². The number of rotatable bonds is 3. The largest absolute Gasteiger partial charge is 0.344 e. The van der Waals surface area contributed by atoms with Crippen LogP contribution in [-0.2, 0) is 23.2 Å². The van der Waals surface area contributed by atoms with E-state index in [1.54, 1.807) is 37.7 Å². The van der Waals surface area contributed by atoms with Crippen LogP contribution in [0.4, 0.5) is 10.1 Å². The first-order valence-corrected chi connectivity index (χ1v) is 6.72. The lowest BCUT2D eigenvalue weighted by atomic mass is 10.2. The molecule has 0 aliphatic carbocycles. The summed E-state index contributed by atoms with van der Waals surface area (Å²) in [6.45, 7) is 3.61. The van der Waals surface area contributed by atoms with Gasteiger partial charge in [0.05, 0.1) is 17.1 Å². The lowest BCUT2D eigenvalue weighted by Crippen LogP contribution is -2.35. The Balaban J connectivity index is 1.96. The number of nitrogens with one attached hydrogen (secondary N) is 2. The first-order valence-electron chi connectivity index (χ1n) is 6.72. The van der Waals surface area contributed by atoms with Gasteiger partial charge in [0, 0.05) is 13.6 Å². The molecule has 0 saturated heterocycles. The van der Waals surface area contributed by atoms with Crippen molar-refractivity contribution in [3.05, 3.63) is 47.0 Å². The Labute approximate surface area is 127 Å². The zero-order valence-corrected chi connectivity index (χ0v) is 12.6. The van der Waals surface area contributed by atoms with E-state index >= 15 is 0 Å². The van der Waals surface area contributed by atoms with E-state index in [1.165, 1.54) is 12.1 Å². The molecule has 0 bridgehead atoms. The minimum atomic E-state index is -0.785. The molecule has 0 aliphatic rings. The maximum absolute atomic E-state index is 13.0. The summed E-state index contributed by atoms with van der Waals surface area (Å²) < 4.78 is 14.6. The standard InChI is InChI=1S/C15H17FN4O2/c1-9-13(10(2)20(3)19-9)18-15(22)14(21)17-8-11-5-4-6-12(16)7-11/h4-7H,8H2,1-3H3,(H,17,21)(H,18,22). The van der Waals surface area contributed by atoms with Crippen LogP contribution in [-0.4, -0.2) is 21.6 Å². The normalized spacial score (nSPS) is 10.4. The topological polar surface area (TPSA) is 76.0 Å². The Morgan fingerprint density at radius 1 is 1.27 bits per heavy atom.